The minimum Gasteiger partial charge on any atom is -0.459 e. The number of furan rings is 1. The molecule has 0 aliphatic rings. The summed E-state index contributed by atoms with van der Waals surface area (Å²) in [7, 11) is 0. The third-order valence-electron chi connectivity index (χ3n) is 3.46. The molecule has 0 radical (unpaired) electrons. The van der Waals surface area contributed by atoms with Gasteiger partial charge in [0.2, 0.25) is 0 Å². The molecule has 0 aliphatic carbocycles. The lowest BCUT2D eigenvalue weighted by Crippen LogP contribution is -2.45. The number of carbonyl (C=O) groups is 3. The summed E-state index contributed by atoms with van der Waals surface area (Å²) in [5, 5.41) is 2.52. The molecule has 25 heavy (non-hydrogen) atoms. The molecule has 1 aromatic heterocycles. The van der Waals surface area contributed by atoms with Crippen molar-refractivity contribution in [2.75, 3.05) is 6.61 Å². The molecular formula is C18H18FNO5. The first-order valence-corrected chi connectivity index (χ1v) is 7.68. The normalized spacial score (nSPS) is 11.8. The fourth-order valence-corrected chi connectivity index (χ4v) is 2.06. The van der Waals surface area contributed by atoms with E-state index in [9.17, 15) is 18.8 Å². The number of Topliss-reactive ketones (excluding diaryl/α,β-unsaturated/α-hetero) is 1. The molecule has 7 heteroatoms. The summed E-state index contributed by atoms with van der Waals surface area (Å²) in [6.07, 6.45) is 1.35. The van der Waals surface area contributed by atoms with Gasteiger partial charge >= 0.3 is 5.97 Å². The molecule has 2 aromatic rings. The number of ketones is 1. The van der Waals surface area contributed by atoms with Crippen molar-refractivity contribution in [1.82, 2.24) is 5.32 Å². The van der Waals surface area contributed by atoms with E-state index in [2.05, 4.69) is 5.32 Å². The van der Waals surface area contributed by atoms with Crippen LogP contribution in [0.2, 0.25) is 0 Å². The number of amides is 1. The zero-order chi connectivity index (χ0) is 18.4. The van der Waals surface area contributed by atoms with Gasteiger partial charge in [-0.2, -0.15) is 0 Å². The van der Waals surface area contributed by atoms with Crippen molar-refractivity contribution in [3.8, 4) is 0 Å². The maximum Gasteiger partial charge on any atom is 0.329 e. The Bertz CT molecular complexity index is 737. The van der Waals surface area contributed by atoms with Gasteiger partial charge in [-0.1, -0.05) is 13.8 Å². The lowest BCUT2D eigenvalue weighted by Gasteiger charge is -2.20. The minimum atomic E-state index is -0.932. The predicted molar refractivity (Wildman–Crippen MR) is 86.5 cm³/mol. The number of rotatable bonds is 7. The molecule has 0 spiro atoms. The highest BCUT2D eigenvalue weighted by molar-refractivity contribution is 5.98. The van der Waals surface area contributed by atoms with Crippen LogP contribution >= 0.6 is 0 Å². The van der Waals surface area contributed by atoms with Crippen molar-refractivity contribution in [1.29, 1.82) is 0 Å². The Balaban J connectivity index is 1.94. The van der Waals surface area contributed by atoms with Crippen LogP contribution in [-0.2, 0) is 9.53 Å². The standard InChI is InChI=1S/C18H18FNO5/c1-11(2)16(20-17(22)15-4-3-9-24-15)18(23)25-10-14(21)12-5-7-13(19)8-6-12/h3-9,11,16H,10H2,1-2H3,(H,20,22)/t16-/m1/s1. The summed E-state index contributed by atoms with van der Waals surface area (Å²) in [4.78, 5) is 36.2. The van der Waals surface area contributed by atoms with Crippen LogP contribution in [0.25, 0.3) is 0 Å². The van der Waals surface area contributed by atoms with Gasteiger partial charge in [0.1, 0.15) is 11.9 Å². The van der Waals surface area contributed by atoms with Crippen molar-refractivity contribution in [3.05, 3.63) is 59.8 Å². The summed E-state index contributed by atoms with van der Waals surface area (Å²) < 4.78 is 22.8. The monoisotopic (exact) mass is 347 g/mol. The molecule has 132 valence electrons. The molecule has 0 saturated carbocycles. The van der Waals surface area contributed by atoms with E-state index in [1.54, 1.807) is 19.9 Å². The van der Waals surface area contributed by atoms with Crippen LogP contribution in [0.15, 0.2) is 47.1 Å². The maximum absolute atomic E-state index is 12.9. The highest BCUT2D eigenvalue weighted by Crippen LogP contribution is 2.09. The van der Waals surface area contributed by atoms with E-state index in [1.165, 1.54) is 24.5 Å². The van der Waals surface area contributed by atoms with Gasteiger partial charge in [0.25, 0.3) is 5.91 Å². The number of benzene rings is 1. The average Bonchev–Trinajstić information content (AvgIpc) is 3.12. The summed E-state index contributed by atoms with van der Waals surface area (Å²) in [6.45, 7) is 2.97. The van der Waals surface area contributed by atoms with Crippen molar-refractivity contribution < 1.29 is 27.9 Å². The molecule has 6 nitrogen and oxygen atoms in total. The van der Waals surface area contributed by atoms with Gasteiger partial charge in [0.15, 0.2) is 18.2 Å². The van der Waals surface area contributed by atoms with Crippen LogP contribution in [0.5, 0.6) is 0 Å². The van der Waals surface area contributed by atoms with Gasteiger partial charge in [-0.05, 0) is 42.3 Å². The zero-order valence-electron chi connectivity index (χ0n) is 13.8. The number of ether oxygens (including phenoxy) is 1. The van der Waals surface area contributed by atoms with E-state index in [4.69, 9.17) is 9.15 Å². The molecule has 1 atom stereocenters. The second-order valence-corrected chi connectivity index (χ2v) is 5.71. The van der Waals surface area contributed by atoms with Crippen LogP contribution in [-0.4, -0.2) is 30.3 Å². The Kier molecular flexibility index (Phi) is 6.05. The summed E-state index contributed by atoms with van der Waals surface area (Å²) in [6, 6.07) is 7.01. The largest absolute Gasteiger partial charge is 0.459 e. The first-order chi connectivity index (χ1) is 11.9. The molecule has 1 amide bonds. The number of esters is 1. The van der Waals surface area contributed by atoms with E-state index in [0.717, 1.165) is 12.1 Å². The number of carbonyl (C=O) groups excluding carboxylic acids is 3. The van der Waals surface area contributed by atoms with Gasteiger partial charge in [-0.25, -0.2) is 9.18 Å². The molecule has 0 unspecified atom stereocenters. The highest BCUT2D eigenvalue weighted by Gasteiger charge is 2.27. The van der Waals surface area contributed by atoms with E-state index in [-0.39, 0.29) is 17.2 Å². The minimum absolute atomic E-state index is 0.0702. The van der Waals surface area contributed by atoms with E-state index >= 15 is 0 Å². The third-order valence-corrected chi connectivity index (χ3v) is 3.46. The molecule has 0 aliphatic heterocycles. The molecule has 0 bridgehead atoms. The first kappa shape index (κ1) is 18.4. The second-order valence-electron chi connectivity index (χ2n) is 5.71. The summed E-state index contributed by atoms with van der Waals surface area (Å²) >= 11 is 0. The Hall–Kier alpha value is -2.96. The smallest absolute Gasteiger partial charge is 0.329 e. The lowest BCUT2D eigenvalue weighted by atomic mass is 10.0. The topological polar surface area (TPSA) is 85.6 Å². The Morgan fingerprint density at radius 1 is 1.16 bits per heavy atom. The van der Waals surface area contributed by atoms with E-state index in [1.807, 2.05) is 0 Å². The third kappa shape index (κ3) is 5.00. The lowest BCUT2D eigenvalue weighted by molar-refractivity contribution is -0.145. The number of halogens is 1. The molecular weight excluding hydrogens is 329 g/mol. The fourth-order valence-electron chi connectivity index (χ4n) is 2.06. The summed E-state index contributed by atoms with van der Waals surface area (Å²) in [5.74, 6) is -2.40. The van der Waals surface area contributed by atoms with Crippen LogP contribution in [0.1, 0.15) is 34.8 Å². The van der Waals surface area contributed by atoms with Crippen LogP contribution in [0, 0.1) is 11.7 Å². The van der Waals surface area contributed by atoms with Crippen molar-refractivity contribution in [3.63, 3.8) is 0 Å². The first-order valence-electron chi connectivity index (χ1n) is 7.68. The molecule has 1 aromatic carbocycles. The van der Waals surface area contributed by atoms with Crippen LogP contribution in [0.4, 0.5) is 4.39 Å². The number of hydrogen-bond acceptors (Lipinski definition) is 5. The second kappa shape index (κ2) is 8.23. The molecule has 1 N–H and O–H groups in total. The average molecular weight is 347 g/mol. The van der Waals surface area contributed by atoms with E-state index < -0.39 is 36.1 Å². The van der Waals surface area contributed by atoms with Gasteiger partial charge in [-0.15, -0.1) is 0 Å². The van der Waals surface area contributed by atoms with Crippen molar-refractivity contribution in [2.45, 2.75) is 19.9 Å². The Labute approximate surface area is 144 Å². The van der Waals surface area contributed by atoms with Crippen LogP contribution in [0.3, 0.4) is 0 Å². The van der Waals surface area contributed by atoms with Gasteiger partial charge in [0, 0.05) is 5.56 Å². The maximum atomic E-state index is 12.9. The van der Waals surface area contributed by atoms with Gasteiger partial charge in [-0.3, -0.25) is 9.59 Å². The predicted octanol–water partition coefficient (Wildman–Crippen LogP) is 2.60. The zero-order valence-corrected chi connectivity index (χ0v) is 13.8. The molecule has 2 rings (SSSR count). The van der Waals surface area contributed by atoms with Crippen molar-refractivity contribution >= 4 is 17.7 Å². The van der Waals surface area contributed by atoms with Gasteiger partial charge < -0.3 is 14.5 Å². The quantitative estimate of drug-likeness (QED) is 0.615. The van der Waals surface area contributed by atoms with Gasteiger partial charge in [0.05, 0.1) is 6.26 Å². The summed E-state index contributed by atoms with van der Waals surface area (Å²) in [5.41, 5.74) is 0.231. The Morgan fingerprint density at radius 2 is 1.84 bits per heavy atom. The van der Waals surface area contributed by atoms with E-state index in [0.29, 0.717) is 0 Å². The van der Waals surface area contributed by atoms with Crippen LogP contribution < -0.4 is 5.32 Å². The van der Waals surface area contributed by atoms with Crippen molar-refractivity contribution in [2.24, 2.45) is 5.92 Å². The molecule has 0 saturated heterocycles. The molecule has 0 fully saturated rings. The SMILES string of the molecule is CC(C)[C@@H](NC(=O)c1ccco1)C(=O)OCC(=O)c1ccc(F)cc1. The number of hydrogen-bond donors (Lipinski definition) is 1. The highest BCUT2D eigenvalue weighted by atomic mass is 19.1. The Morgan fingerprint density at radius 3 is 2.40 bits per heavy atom. The number of nitrogens with one attached hydrogen (secondary N) is 1. The molecule has 1 heterocycles. The fraction of sp³-hybridized carbons (Fsp3) is 0.278.